The third-order valence-corrected chi connectivity index (χ3v) is 5.48. The number of aryl methyl sites for hydroxylation is 2. The third kappa shape index (κ3) is 5.57. The van der Waals surface area contributed by atoms with Crippen LogP contribution in [0, 0.1) is 19.8 Å². The Bertz CT molecular complexity index is 873. The number of nitrogens with one attached hydrogen (secondary N) is 2. The molecule has 0 aromatic heterocycles. The first-order valence-corrected chi connectivity index (χ1v) is 9.99. The summed E-state index contributed by atoms with van der Waals surface area (Å²) in [5.74, 6) is 0.583. The maximum Gasteiger partial charge on any atom is 0.238 e. The zero-order valence-electron chi connectivity index (χ0n) is 17.3. The van der Waals surface area contributed by atoms with Gasteiger partial charge in [-0.1, -0.05) is 18.2 Å². The number of ether oxygens (including phenoxy) is 1. The maximum atomic E-state index is 12.6. The maximum absolute atomic E-state index is 12.6. The number of hydrogen-bond acceptors (Lipinski definition) is 4. The van der Waals surface area contributed by atoms with Crippen molar-refractivity contribution in [1.29, 1.82) is 0 Å². The minimum atomic E-state index is -0.0565. The average molecular weight is 396 g/mol. The molecule has 1 fully saturated rings. The van der Waals surface area contributed by atoms with E-state index in [-0.39, 0.29) is 17.7 Å². The second kappa shape index (κ2) is 9.56. The first-order chi connectivity index (χ1) is 14.0. The normalized spacial score (nSPS) is 15.0. The molecular formula is C23H29N3O3. The summed E-state index contributed by atoms with van der Waals surface area (Å²) in [6.07, 6.45) is 1.47. The van der Waals surface area contributed by atoms with Gasteiger partial charge in [0.25, 0.3) is 0 Å². The largest absolute Gasteiger partial charge is 0.495 e. The number of benzene rings is 2. The van der Waals surface area contributed by atoms with Gasteiger partial charge in [0.05, 0.1) is 19.3 Å². The van der Waals surface area contributed by atoms with Crippen LogP contribution in [0.3, 0.4) is 0 Å². The molecule has 1 aliphatic rings. The quantitative estimate of drug-likeness (QED) is 0.784. The number of carbonyl (C=O) groups is 2. The molecule has 29 heavy (non-hydrogen) atoms. The number of para-hydroxylation sites is 2. The van der Waals surface area contributed by atoms with Crippen LogP contribution in [0.4, 0.5) is 11.4 Å². The second-order valence-corrected chi connectivity index (χ2v) is 7.59. The minimum Gasteiger partial charge on any atom is -0.495 e. The molecule has 6 heteroatoms. The lowest BCUT2D eigenvalue weighted by atomic mass is 9.95. The van der Waals surface area contributed by atoms with E-state index in [0.29, 0.717) is 18.0 Å². The van der Waals surface area contributed by atoms with Crippen LogP contribution in [0.15, 0.2) is 42.5 Å². The van der Waals surface area contributed by atoms with Crippen molar-refractivity contribution >= 4 is 23.2 Å². The highest BCUT2D eigenvalue weighted by Gasteiger charge is 2.26. The van der Waals surface area contributed by atoms with Gasteiger partial charge < -0.3 is 15.4 Å². The van der Waals surface area contributed by atoms with Crippen molar-refractivity contribution in [2.75, 3.05) is 37.4 Å². The molecule has 2 aromatic rings. The van der Waals surface area contributed by atoms with Crippen LogP contribution in [0.2, 0.25) is 0 Å². The molecule has 2 N–H and O–H groups in total. The van der Waals surface area contributed by atoms with Crippen molar-refractivity contribution in [3.63, 3.8) is 0 Å². The van der Waals surface area contributed by atoms with Crippen molar-refractivity contribution < 1.29 is 14.3 Å². The lowest BCUT2D eigenvalue weighted by Crippen LogP contribution is -2.41. The zero-order valence-corrected chi connectivity index (χ0v) is 17.3. The van der Waals surface area contributed by atoms with Gasteiger partial charge in [0.15, 0.2) is 0 Å². The summed E-state index contributed by atoms with van der Waals surface area (Å²) in [5, 5.41) is 5.93. The van der Waals surface area contributed by atoms with Crippen molar-refractivity contribution in [2.24, 2.45) is 5.92 Å². The number of piperidine rings is 1. The fourth-order valence-corrected chi connectivity index (χ4v) is 3.56. The van der Waals surface area contributed by atoms with Gasteiger partial charge in [-0.15, -0.1) is 0 Å². The summed E-state index contributed by atoms with van der Waals surface area (Å²) in [6, 6.07) is 13.3. The molecule has 1 saturated heterocycles. The lowest BCUT2D eigenvalue weighted by molar-refractivity contribution is -0.121. The number of anilines is 2. The SMILES string of the molecule is COc1ccccc1NC(=O)C1CCN(CC(=O)Nc2ccc(C)c(C)c2)CC1. The molecule has 0 aliphatic carbocycles. The van der Waals surface area contributed by atoms with Gasteiger partial charge in [0, 0.05) is 11.6 Å². The number of carbonyl (C=O) groups excluding carboxylic acids is 2. The molecule has 3 rings (SSSR count). The molecule has 1 aliphatic heterocycles. The number of nitrogens with zero attached hydrogens (tertiary/aromatic N) is 1. The first kappa shape index (κ1) is 20.9. The number of methoxy groups -OCH3 is 1. The number of rotatable bonds is 6. The Kier molecular flexibility index (Phi) is 6.88. The van der Waals surface area contributed by atoms with E-state index in [9.17, 15) is 9.59 Å². The summed E-state index contributed by atoms with van der Waals surface area (Å²) in [4.78, 5) is 27.1. The van der Waals surface area contributed by atoms with Gasteiger partial charge in [0.2, 0.25) is 11.8 Å². The average Bonchev–Trinajstić information content (AvgIpc) is 2.71. The van der Waals surface area contributed by atoms with Crippen LogP contribution in [0.1, 0.15) is 24.0 Å². The fourth-order valence-electron chi connectivity index (χ4n) is 3.56. The molecule has 6 nitrogen and oxygen atoms in total. The van der Waals surface area contributed by atoms with Crippen LogP contribution >= 0.6 is 0 Å². The van der Waals surface area contributed by atoms with Gasteiger partial charge in [-0.3, -0.25) is 14.5 Å². The molecular weight excluding hydrogens is 366 g/mol. The fraction of sp³-hybridized carbons (Fsp3) is 0.391. The monoisotopic (exact) mass is 395 g/mol. The highest BCUT2D eigenvalue weighted by atomic mass is 16.5. The predicted octanol–water partition coefficient (Wildman–Crippen LogP) is 3.60. The van der Waals surface area contributed by atoms with E-state index >= 15 is 0 Å². The minimum absolute atomic E-state index is 0.00809. The Hall–Kier alpha value is -2.86. The summed E-state index contributed by atoms with van der Waals surface area (Å²) >= 11 is 0. The molecule has 0 saturated carbocycles. The highest BCUT2D eigenvalue weighted by molar-refractivity contribution is 5.94. The summed E-state index contributed by atoms with van der Waals surface area (Å²) in [6.45, 7) is 5.88. The third-order valence-electron chi connectivity index (χ3n) is 5.48. The molecule has 0 bridgehead atoms. The van der Waals surface area contributed by atoms with Gasteiger partial charge in [-0.2, -0.15) is 0 Å². The zero-order chi connectivity index (χ0) is 20.8. The molecule has 0 radical (unpaired) electrons. The van der Waals surface area contributed by atoms with Crippen molar-refractivity contribution in [1.82, 2.24) is 4.90 Å². The summed E-state index contributed by atoms with van der Waals surface area (Å²) in [5.41, 5.74) is 3.88. The summed E-state index contributed by atoms with van der Waals surface area (Å²) < 4.78 is 5.29. The van der Waals surface area contributed by atoms with E-state index in [4.69, 9.17) is 4.74 Å². The summed E-state index contributed by atoms with van der Waals surface area (Å²) in [7, 11) is 1.59. The van der Waals surface area contributed by atoms with Gasteiger partial charge in [-0.25, -0.2) is 0 Å². The van der Waals surface area contributed by atoms with Crippen LogP contribution in [0.5, 0.6) is 5.75 Å². The van der Waals surface area contributed by atoms with E-state index in [0.717, 1.165) is 37.2 Å². The molecule has 0 spiro atoms. The van der Waals surface area contributed by atoms with E-state index in [2.05, 4.69) is 22.5 Å². The molecule has 0 unspecified atom stereocenters. The van der Waals surface area contributed by atoms with Gasteiger partial charge in [0.1, 0.15) is 5.75 Å². The predicted molar refractivity (Wildman–Crippen MR) is 115 cm³/mol. The highest BCUT2D eigenvalue weighted by Crippen LogP contribution is 2.25. The van der Waals surface area contributed by atoms with Crippen LogP contribution in [-0.2, 0) is 9.59 Å². The van der Waals surface area contributed by atoms with Crippen molar-refractivity contribution in [3.05, 3.63) is 53.6 Å². The second-order valence-electron chi connectivity index (χ2n) is 7.59. The molecule has 1 heterocycles. The van der Waals surface area contributed by atoms with Crippen LogP contribution in [0.25, 0.3) is 0 Å². The Labute approximate surface area is 172 Å². The smallest absolute Gasteiger partial charge is 0.238 e. The van der Waals surface area contributed by atoms with Crippen molar-refractivity contribution in [3.8, 4) is 5.75 Å². The molecule has 0 atom stereocenters. The first-order valence-electron chi connectivity index (χ1n) is 9.99. The van der Waals surface area contributed by atoms with E-state index in [1.54, 1.807) is 7.11 Å². The number of hydrogen-bond donors (Lipinski definition) is 2. The van der Waals surface area contributed by atoms with Crippen molar-refractivity contribution in [2.45, 2.75) is 26.7 Å². The molecule has 154 valence electrons. The van der Waals surface area contributed by atoms with Gasteiger partial charge >= 0.3 is 0 Å². The lowest BCUT2D eigenvalue weighted by Gasteiger charge is -2.30. The van der Waals surface area contributed by atoms with E-state index in [1.807, 2.05) is 49.4 Å². The molecule has 2 amide bonds. The van der Waals surface area contributed by atoms with Gasteiger partial charge in [-0.05, 0) is 75.2 Å². The van der Waals surface area contributed by atoms with Crippen LogP contribution < -0.4 is 15.4 Å². The van der Waals surface area contributed by atoms with E-state index < -0.39 is 0 Å². The Morgan fingerprint density at radius 3 is 2.45 bits per heavy atom. The number of likely N-dealkylation sites (tertiary alicyclic amines) is 1. The number of amides is 2. The Morgan fingerprint density at radius 1 is 1.03 bits per heavy atom. The molecule has 2 aromatic carbocycles. The Balaban J connectivity index is 1.46. The standard InChI is InChI=1S/C23H29N3O3/c1-16-8-9-19(14-17(16)2)24-22(27)15-26-12-10-18(11-13-26)23(28)25-20-6-4-5-7-21(20)29-3/h4-9,14,18H,10-13,15H2,1-3H3,(H,24,27)(H,25,28). The van der Waals surface area contributed by atoms with Crippen LogP contribution in [-0.4, -0.2) is 43.5 Å². The Morgan fingerprint density at radius 2 is 1.76 bits per heavy atom. The van der Waals surface area contributed by atoms with E-state index in [1.165, 1.54) is 5.56 Å². The topological polar surface area (TPSA) is 70.7 Å².